The molecule has 0 aliphatic carbocycles. The van der Waals surface area contributed by atoms with Crippen molar-refractivity contribution < 1.29 is 9.59 Å². The van der Waals surface area contributed by atoms with Crippen LogP contribution in [0.1, 0.15) is 28.7 Å². The zero-order valence-corrected chi connectivity index (χ0v) is 19.3. The van der Waals surface area contributed by atoms with E-state index in [2.05, 4.69) is 15.7 Å². The minimum atomic E-state index is -0.350. The molecule has 1 aromatic heterocycles. The molecule has 3 rings (SSSR count). The van der Waals surface area contributed by atoms with Crippen LogP contribution in [0.3, 0.4) is 0 Å². The molecule has 162 valence electrons. The molecule has 0 aliphatic heterocycles. The second-order valence-electron chi connectivity index (χ2n) is 6.75. The molecule has 2 aromatic carbocycles. The molecule has 1 heterocycles. The Kier molecular flexibility index (Phi) is 7.48. The number of carbonyl (C=O) groups is 2. The van der Waals surface area contributed by atoms with E-state index in [1.54, 1.807) is 28.8 Å². The van der Waals surface area contributed by atoms with Crippen LogP contribution in [0.25, 0.3) is 0 Å². The van der Waals surface area contributed by atoms with Gasteiger partial charge in [0.2, 0.25) is 5.91 Å². The van der Waals surface area contributed by atoms with Crippen molar-refractivity contribution in [3.05, 3.63) is 74.2 Å². The maximum Gasteiger partial charge on any atom is 0.251 e. The van der Waals surface area contributed by atoms with Crippen LogP contribution in [0.2, 0.25) is 10.0 Å². The molecule has 0 unspecified atom stereocenters. The Balaban J connectivity index is 1.72. The van der Waals surface area contributed by atoms with Crippen LogP contribution >= 0.6 is 35.4 Å². The van der Waals surface area contributed by atoms with Gasteiger partial charge in [-0.25, -0.2) is 4.68 Å². The van der Waals surface area contributed by atoms with Crippen molar-refractivity contribution in [2.45, 2.75) is 33.5 Å². The number of nitrogens with one attached hydrogen (secondary N) is 2. The van der Waals surface area contributed by atoms with Gasteiger partial charge in [0, 0.05) is 12.1 Å². The molecule has 0 fully saturated rings. The lowest BCUT2D eigenvalue weighted by Crippen LogP contribution is -2.25. The number of amides is 2. The predicted molar refractivity (Wildman–Crippen MR) is 124 cm³/mol. The van der Waals surface area contributed by atoms with Crippen molar-refractivity contribution in [2.24, 2.45) is 0 Å². The summed E-state index contributed by atoms with van der Waals surface area (Å²) in [5.74, 6) is 0.00843. The Morgan fingerprint density at radius 2 is 1.87 bits per heavy atom. The smallest absolute Gasteiger partial charge is 0.251 e. The minimum Gasteiger partial charge on any atom is -0.345 e. The molecule has 31 heavy (non-hydrogen) atoms. The quantitative estimate of drug-likeness (QED) is 0.486. The Labute approximate surface area is 195 Å². The normalized spacial score (nSPS) is 10.7. The van der Waals surface area contributed by atoms with Crippen molar-refractivity contribution in [2.75, 3.05) is 5.32 Å². The molecular weight excluding hydrogens is 457 g/mol. The maximum atomic E-state index is 12.5. The van der Waals surface area contributed by atoms with E-state index in [1.807, 2.05) is 32.0 Å². The third-order valence-corrected chi connectivity index (χ3v) is 5.88. The van der Waals surface area contributed by atoms with Crippen LogP contribution in [0.4, 0.5) is 5.69 Å². The van der Waals surface area contributed by atoms with E-state index >= 15 is 0 Å². The summed E-state index contributed by atoms with van der Waals surface area (Å²) in [7, 11) is 0. The number of aryl methyl sites for hydroxylation is 1. The molecule has 10 heteroatoms. The Hall–Kier alpha value is -2.68. The highest BCUT2D eigenvalue weighted by atomic mass is 35.5. The van der Waals surface area contributed by atoms with E-state index in [0.717, 1.165) is 5.56 Å². The first-order valence-electron chi connectivity index (χ1n) is 9.56. The van der Waals surface area contributed by atoms with Crippen LogP contribution in [0, 0.1) is 11.7 Å². The van der Waals surface area contributed by atoms with Gasteiger partial charge in [-0.2, -0.15) is 5.10 Å². The Morgan fingerprint density at radius 3 is 2.58 bits per heavy atom. The number of carbonyl (C=O) groups excluding carboxylic acids is 2. The zero-order chi connectivity index (χ0) is 22.5. The fraction of sp³-hybridized carbons (Fsp3) is 0.238. The molecule has 7 nitrogen and oxygen atoms in total. The van der Waals surface area contributed by atoms with Gasteiger partial charge in [-0.3, -0.25) is 9.59 Å². The molecule has 0 spiro atoms. The molecule has 0 aliphatic rings. The molecule has 0 radical (unpaired) electrons. The van der Waals surface area contributed by atoms with Gasteiger partial charge in [-0.1, -0.05) is 47.5 Å². The first-order chi connectivity index (χ1) is 14.8. The van der Waals surface area contributed by atoms with E-state index in [1.165, 1.54) is 4.68 Å². The largest absolute Gasteiger partial charge is 0.345 e. The number of hydrogen-bond donors (Lipinski definition) is 2. The zero-order valence-electron chi connectivity index (χ0n) is 17.0. The van der Waals surface area contributed by atoms with Crippen LogP contribution < -0.4 is 10.6 Å². The van der Waals surface area contributed by atoms with E-state index in [0.29, 0.717) is 33.4 Å². The van der Waals surface area contributed by atoms with E-state index in [-0.39, 0.29) is 29.9 Å². The minimum absolute atomic E-state index is 0.104. The van der Waals surface area contributed by atoms with Crippen LogP contribution in [0.15, 0.2) is 42.5 Å². The average molecular weight is 478 g/mol. The lowest BCUT2D eigenvalue weighted by atomic mass is 10.1. The van der Waals surface area contributed by atoms with Crippen LogP contribution in [-0.4, -0.2) is 26.2 Å². The second-order valence-corrected chi connectivity index (χ2v) is 7.90. The molecule has 0 atom stereocenters. The summed E-state index contributed by atoms with van der Waals surface area (Å²) >= 11 is 17.6. The van der Waals surface area contributed by atoms with E-state index in [9.17, 15) is 9.59 Å². The van der Waals surface area contributed by atoms with Gasteiger partial charge in [0.25, 0.3) is 5.91 Å². The molecule has 0 saturated heterocycles. The highest BCUT2D eigenvalue weighted by Crippen LogP contribution is 2.29. The second kappa shape index (κ2) is 10.1. The molecule has 0 saturated carbocycles. The number of hydrogen-bond acceptors (Lipinski definition) is 4. The van der Waals surface area contributed by atoms with Gasteiger partial charge in [0.1, 0.15) is 6.54 Å². The summed E-state index contributed by atoms with van der Waals surface area (Å²) < 4.78 is 3.57. The summed E-state index contributed by atoms with van der Waals surface area (Å²) in [6, 6.07) is 12.3. The van der Waals surface area contributed by atoms with E-state index < -0.39 is 0 Å². The monoisotopic (exact) mass is 477 g/mol. The molecule has 0 bridgehead atoms. The predicted octanol–water partition coefficient (Wildman–Crippen LogP) is 4.62. The molecule has 3 aromatic rings. The lowest BCUT2D eigenvalue weighted by molar-refractivity contribution is -0.116. The molecule has 2 amide bonds. The standard InChI is InChI=1S/C21H21Cl2N5O2S/c1-3-27-17(11-24-20(30)14-8-5-4-7-13(14)2)26-28(21(27)31)12-18(29)25-16-10-6-9-15(22)19(16)23/h4-10H,3,11-12H2,1-2H3,(H,24,30)(H,25,29). The summed E-state index contributed by atoms with van der Waals surface area (Å²) in [6.07, 6.45) is 0. The third kappa shape index (κ3) is 5.33. The molecular formula is C21H21Cl2N5O2S. The molecule has 2 N–H and O–H groups in total. The van der Waals surface area contributed by atoms with Gasteiger partial charge in [0.15, 0.2) is 10.6 Å². The van der Waals surface area contributed by atoms with Crippen molar-refractivity contribution in [1.29, 1.82) is 0 Å². The SMILES string of the molecule is CCn1c(CNC(=O)c2ccccc2C)nn(CC(=O)Nc2cccc(Cl)c2Cl)c1=S. The third-order valence-electron chi connectivity index (χ3n) is 4.63. The van der Waals surface area contributed by atoms with Crippen molar-refractivity contribution >= 4 is 52.9 Å². The number of aromatic nitrogens is 3. The Morgan fingerprint density at radius 1 is 1.13 bits per heavy atom. The van der Waals surface area contributed by atoms with Gasteiger partial charge < -0.3 is 15.2 Å². The summed E-state index contributed by atoms with van der Waals surface area (Å²) in [4.78, 5) is 25.0. The highest BCUT2D eigenvalue weighted by molar-refractivity contribution is 7.71. The summed E-state index contributed by atoms with van der Waals surface area (Å²) in [5, 5.41) is 10.6. The van der Waals surface area contributed by atoms with Gasteiger partial charge >= 0.3 is 0 Å². The maximum absolute atomic E-state index is 12.5. The van der Waals surface area contributed by atoms with Gasteiger partial charge in [-0.05, 0) is 49.8 Å². The van der Waals surface area contributed by atoms with E-state index in [4.69, 9.17) is 35.4 Å². The lowest BCUT2D eigenvalue weighted by Gasteiger charge is -2.08. The summed E-state index contributed by atoms with van der Waals surface area (Å²) in [5.41, 5.74) is 1.89. The van der Waals surface area contributed by atoms with Crippen molar-refractivity contribution in [1.82, 2.24) is 19.7 Å². The fourth-order valence-electron chi connectivity index (χ4n) is 3.05. The number of nitrogens with zero attached hydrogens (tertiary/aromatic N) is 3. The fourth-order valence-corrected chi connectivity index (χ4v) is 3.73. The van der Waals surface area contributed by atoms with Crippen LogP contribution in [-0.2, 0) is 24.4 Å². The highest BCUT2D eigenvalue weighted by Gasteiger charge is 2.15. The first-order valence-corrected chi connectivity index (χ1v) is 10.7. The Bertz CT molecular complexity index is 1190. The number of benzene rings is 2. The average Bonchev–Trinajstić information content (AvgIpc) is 3.04. The first kappa shape index (κ1) is 23.0. The topological polar surface area (TPSA) is 81.0 Å². The van der Waals surface area contributed by atoms with Crippen LogP contribution in [0.5, 0.6) is 0 Å². The number of anilines is 1. The van der Waals surface area contributed by atoms with Crippen molar-refractivity contribution in [3.63, 3.8) is 0 Å². The van der Waals surface area contributed by atoms with Crippen molar-refractivity contribution in [3.8, 4) is 0 Å². The van der Waals surface area contributed by atoms with Gasteiger partial charge in [-0.15, -0.1) is 0 Å². The number of rotatable bonds is 7. The van der Waals surface area contributed by atoms with Gasteiger partial charge in [0.05, 0.1) is 22.3 Å². The number of halogens is 2. The summed E-state index contributed by atoms with van der Waals surface area (Å²) in [6.45, 7) is 4.42.